The van der Waals surface area contributed by atoms with E-state index in [1.165, 1.54) is 5.56 Å². The summed E-state index contributed by atoms with van der Waals surface area (Å²) in [5.74, 6) is 0.836. The molecule has 1 aromatic carbocycles. The summed E-state index contributed by atoms with van der Waals surface area (Å²) in [5, 5.41) is 0. The average molecular weight is 274 g/mol. The lowest BCUT2D eigenvalue weighted by Gasteiger charge is -2.35. The molecule has 2 fully saturated rings. The van der Waals surface area contributed by atoms with Crippen LogP contribution in [0.25, 0.3) is 0 Å². The quantitative estimate of drug-likeness (QED) is 0.828. The van der Waals surface area contributed by atoms with Gasteiger partial charge in [-0.2, -0.15) is 0 Å². The lowest BCUT2D eigenvalue weighted by atomic mass is 9.86. The van der Waals surface area contributed by atoms with Crippen molar-refractivity contribution in [2.45, 2.75) is 37.7 Å². The molecule has 1 heterocycles. The van der Waals surface area contributed by atoms with Crippen LogP contribution < -0.4 is 0 Å². The minimum Gasteiger partial charge on any atom is -0.381 e. The van der Waals surface area contributed by atoms with Gasteiger partial charge in [0.15, 0.2) is 5.78 Å². The van der Waals surface area contributed by atoms with Crippen LogP contribution in [0.15, 0.2) is 30.3 Å². The van der Waals surface area contributed by atoms with Crippen LogP contribution in [0.3, 0.4) is 0 Å². The molecule has 3 heteroatoms. The number of hydrogen-bond acceptors (Lipinski definition) is 3. The van der Waals surface area contributed by atoms with Crippen LogP contribution >= 0.6 is 0 Å². The molecule has 1 aliphatic carbocycles. The minimum atomic E-state index is -0.582. The Morgan fingerprint density at radius 2 is 2.00 bits per heavy atom. The summed E-state index contributed by atoms with van der Waals surface area (Å²) in [6.07, 6.45) is 2.38. The van der Waals surface area contributed by atoms with Crippen molar-refractivity contribution in [1.82, 2.24) is 0 Å². The smallest absolute Gasteiger partial charge is 0.168 e. The van der Waals surface area contributed by atoms with E-state index in [1.807, 2.05) is 25.1 Å². The minimum absolute atomic E-state index is 0.141. The second kappa shape index (κ2) is 5.66. The van der Waals surface area contributed by atoms with E-state index in [4.69, 9.17) is 9.47 Å². The lowest BCUT2D eigenvalue weighted by molar-refractivity contribution is -0.159. The molecule has 108 valence electrons. The number of rotatable bonds is 5. The summed E-state index contributed by atoms with van der Waals surface area (Å²) < 4.78 is 11.3. The van der Waals surface area contributed by atoms with E-state index >= 15 is 0 Å². The van der Waals surface area contributed by atoms with Gasteiger partial charge in [0.1, 0.15) is 5.60 Å². The van der Waals surface area contributed by atoms with E-state index in [0.717, 1.165) is 6.42 Å². The molecule has 0 bridgehead atoms. The van der Waals surface area contributed by atoms with Crippen molar-refractivity contribution in [3.8, 4) is 0 Å². The maximum absolute atomic E-state index is 12.9. The Hall–Kier alpha value is -1.19. The van der Waals surface area contributed by atoms with E-state index in [2.05, 4.69) is 12.1 Å². The molecule has 0 radical (unpaired) electrons. The second-order valence-electron chi connectivity index (χ2n) is 5.76. The highest BCUT2D eigenvalue weighted by molar-refractivity contribution is 5.92. The van der Waals surface area contributed by atoms with Gasteiger partial charge in [-0.3, -0.25) is 4.79 Å². The molecule has 0 N–H and O–H groups in total. The third kappa shape index (κ3) is 2.52. The number of ketones is 1. The molecule has 2 aliphatic rings. The van der Waals surface area contributed by atoms with Crippen molar-refractivity contribution in [1.29, 1.82) is 0 Å². The van der Waals surface area contributed by atoms with Crippen molar-refractivity contribution >= 4 is 5.78 Å². The fourth-order valence-corrected chi connectivity index (χ4v) is 3.33. The Balaban J connectivity index is 1.72. The third-order valence-electron chi connectivity index (χ3n) is 4.53. The summed E-state index contributed by atoms with van der Waals surface area (Å²) in [4.78, 5) is 12.9. The van der Waals surface area contributed by atoms with E-state index in [-0.39, 0.29) is 5.92 Å². The Morgan fingerprint density at radius 3 is 2.65 bits per heavy atom. The summed E-state index contributed by atoms with van der Waals surface area (Å²) in [5.41, 5.74) is 0.700. The molecule has 0 spiro atoms. The standard InChI is InChI=1S/C17H22O3/c1-2-20-17(8-10-19-11-9-17)16(18)15-12-14(15)13-6-4-3-5-7-13/h3-7,14-15H,2,8-12H2,1H3. The zero-order chi connectivity index (χ0) is 14.0. The maximum Gasteiger partial charge on any atom is 0.168 e. The zero-order valence-corrected chi connectivity index (χ0v) is 12.0. The Kier molecular flexibility index (Phi) is 3.90. The molecule has 1 saturated heterocycles. The van der Waals surface area contributed by atoms with E-state index < -0.39 is 5.60 Å². The molecule has 1 aromatic rings. The van der Waals surface area contributed by atoms with Crippen molar-refractivity contribution in [3.05, 3.63) is 35.9 Å². The Labute approximate surface area is 120 Å². The first-order valence-electron chi connectivity index (χ1n) is 7.58. The molecule has 2 unspecified atom stereocenters. The Morgan fingerprint density at radius 1 is 1.30 bits per heavy atom. The fraction of sp³-hybridized carbons (Fsp3) is 0.588. The summed E-state index contributed by atoms with van der Waals surface area (Å²) >= 11 is 0. The first kappa shape index (κ1) is 13.8. The highest BCUT2D eigenvalue weighted by atomic mass is 16.5. The maximum atomic E-state index is 12.9. The highest BCUT2D eigenvalue weighted by Gasteiger charge is 2.53. The summed E-state index contributed by atoms with van der Waals surface area (Å²) in [6.45, 7) is 3.82. The molecular weight excluding hydrogens is 252 g/mol. The first-order valence-corrected chi connectivity index (χ1v) is 7.58. The predicted octanol–water partition coefficient (Wildman–Crippen LogP) is 2.94. The van der Waals surface area contributed by atoms with Crippen molar-refractivity contribution in [2.24, 2.45) is 5.92 Å². The van der Waals surface area contributed by atoms with Crippen LogP contribution in [-0.4, -0.2) is 31.2 Å². The van der Waals surface area contributed by atoms with Gasteiger partial charge >= 0.3 is 0 Å². The summed E-state index contributed by atoms with van der Waals surface area (Å²) in [7, 11) is 0. The second-order valence-corrected chi connectivity index (χ2v) is 5.76. The molecule has 20 heavy (non-hydrogen) atoms. The molecule has 0 amide bonds. The number of ether oxygens (including phenoxy) is 2. The van der Waals surface area contributed by atoms with Gasteiger partial charge < -0.3 is 9.47 Å². The average Bonchev–Trinajstić information content (AvgIpc) is 3.29. The van der Waals surface area contributed by atoms with Crippen LogP contribution in [0.5, 0.6) is 0 Å². The number of benzene rings is 1. The normalized spacial score (nSPS) is 28.1. The molecule has 2 atom stereocenters. The molecular formula is C17H22O3. The van der Waals surface area contributed by atoms with Crippen LogP contribution in [0, 0.1) is 5.92 Å². The van der Waals surface area contributed by atoms with E-state index in [0.29, 0.717) is 44.4 Å². The molecule has 0 aromatic heterocycles. The van der Waals surface area contributed by atoms with Gasteiger partial charge in [0.2, 0.25) is 0 Å². The molecule has 3 rings (SSSR count). The number of carbonyl (C=O) groups excluding carboxylic acids is 1. The van der Waals surface area contributed by atoms with Gasteiger partial charge in [-0.15, -0.1) is 0 Å². The van der Waals surface area contributed by atoms with Crippen LogP contribution in [0.2, 0.25) is 0 Å². The number of hydrogen-bond donors (Lipinski definition) is 0. The number of carbonyl (C=O) groups is 1. The first-order chi connectivity index (χ1) is 9.77. The predicted molar refractivity (Wildman–Crippen MR) is 76.7 cm³/mol. The van der Waals surface area contributed by atoms with Gasteiger partial charge in [-0.1, -0.05) is 30.3 Å². The van der Waals surface area contributed by atoms with Crippen LogP contribution in [-0.2, 0) is 14.3 Å². The fourth-order valence-electron chi connectivity index (χ4n) is 3.33. The topological polar surface area (TPSA) is 35.5 Å². The van der Waals surface area contributed by atoms with Crippen molar-refractivity contribution in [3.63, 3.8) is 0 Å². The SMILES string of the molecule is CCOC1(C(=O)C2CC2c2ccccc2)CCOCC1. The van der Waals surface area contributed by atoms with Crippen LogP contribution in [0.1, 0.15) is 37.7 Å². The van der Waals surface area contributed by atoms with Crippen molar-refractivity contribution < 1.29 is 14.3 Å². The number of Topliss-reactive ketones (excluding diaryl/α,β-unsaturated/α-hetero) is 1. The van der Waals surface area contributed by atoms with Gasteiger partial charge in [0, 0.05) is 38.6 Å². The third-order valence-corrected chi connectivity index (χ3v) is 4.53. The molecule has 1 aliphatic heterocycles. The lowest BCUT2D eigenvalue weighted by Crippen LogP contribution is -2.47. The van der Waals surface area contributed by atoms with Gasteiger partial charge in [-0.25, -0.2) is 0 Å². The van der Waals surface area contributed by atoms with Crippen LogP contribution in [0.4, 0.5) is 0 Å². The summed E-state index contributed by atoms with van der Waals surface area (Å²) in [6, 6.07) is 10.3. The monoisotopic (exact) mass is 274 g/mol. The largest absolute Gasteiger partial charge is 0.381 e. The highest BCUT2D eigenvalue weighted by Crippen LogP contribution is 2.51. The van der Waals surface area contributed by atoms with E-state index in [1.54, 1.807) is 0 Å². The Bertz CT molecular complexity index is 457. The van der Waals surface area contributed by atoms with E-state index in [9.17, 15) is 4.79 Å². The molecule has 1 saturated carbocycles. The van der Waals surface area contributed by atoms with Gasteiger partial charge in [-0.05, 0) is 24.8 Å². The molecule has 3 nitrogen and oxygen atoms in total. The van der Waals surface area contributed by atoms with Gasteiger partial charge in [0.05, 0.1) is 0 Å². The van der Waals surface area contributed by atoms with Gasteiger partial charge in [0.25, 0.3) is 0 Å². The zero-order valence-electron chi connectivity index (χ0n) is 12.0. The van der Waals surface area contributed by atoms with Crippen molar-refractivity contribution in [2.75, 3.05) is 19.8 Å².